The number of carbonyl (C=O) groups is 2. The van der Waals surface area contributed by atoms with E-state index in [0.29, 0.717) is 12.8 Å². The van der Waals surface area contributed by atoms with E-state index in [1.165, 1.54) is 0 Å². The molecule has 0 saturated heterocycles. The summed E-state index contributed by atoms with van der Waals surface area (Å²) in [6.45, 7) is 0.663. The van der Waals surface area contributed by atoms with E-state index in [1.807, 2.05) is 0 Å². The monoisotopic (exact) mass is 518 g/mol. The standard InChI is InChI=1S/C18H25F7O7S/c1-11(2)13(26)16(17(21,22)23,32-14(27)12-7-4-3-5-8-12)31-10-6-9-15(19,20)18(24,25)33(28,29)30/h11-12H,3-10H2,1-2H3,(H,28,29,30). The van der Waals surface area contributed by atoms with Crippen LogP contribution in [0.5, 0.6) is 0 Å². The Morgan fingerprint density at radius 3 is 1.94 bits per heavy atom. The van der Waals surface area contributed by atoms with Crippen LogP contribution in [0.15, 0.2) is 0 Å². The van der Waals surface area contributed by atoms with Gasteiger partial charge >= 0.3 is 39.2 Å². The molecule has 0 aromatic carbocycles. The van der Waals surface area contributed by atoms with Gasteiger partial charge in [0.1, 0.15) is 0 Å². The minimum Gasteiger partial charge on any atom is -0.416 e. The summed E-state index contributed by atoms with van der Waals surface area (Å²) in [5.74, 6) is -15.0. The van der Waals surface area contributed by atoms with Gasteiger partial charge in [-0.15, -0.1) is 0 Å². The molecule has 1 aliphatic carbocycles. The van der Waals surface area contributed by atoms with Crippen molar-refractivity contribution in [2.75, 3.05) is 6.61 Å². The van der Waals surface area contributed by atoms with Crippen molar-refractivity contribution in [2.45, 2.75) is 81.9 Å². The fourth-order valence-corrected chi connectivity index (χ4v) is 3.70. The van der Waals surface area contributed by atoms with E-state index in [9.17, 15) is 48.7 Å². The lowest BCUT2D eigenvalue weighted by molar-refractivity contribution is -0.350. The molecule has 1 atom stereocenters. The molecule has 0 aromatic heterocycles. The molecule has 0 heterocycles. The molecule has 1 fully saturated rings. The fourth-order valence-electron chi connectivity index (χ4n) is 3.22. The molecule has 1 N–H and O–H groups in total. The second-order valence-corrected chi connectivity index (χ2v) is 9.50. The zero-order chi connectivity index (χ0) is 25.9. The molecule has 194 valence electrons. The lowest BCUT2D eigenvalue weighted by Crippen LogP contribution is -2.59. The van der Waals surface area contributed by atoms with Crippen LogP contribution in [0.2, 0.25) is 0 Å². The van der Waals surface area contributed by atoms with Crippen LogP contribution in [0.4, 0.5) is 30.7 Å². The Morgan fingerprint density at radius 2 is 1.52 bits per heavy atom. The predicted octanol–water partition coefficient (Wildman–Crippen LogP) is 4.51. The van der Waals surface area contributed by atoms with Crippen LogP contribution in [0.1, 0.15) is 58.8 Å². The third-order valence-electron chi connectivity index (χ3n) is 5.09. The maximum absolute atomic E-state index is 13.9. The van der Waals surface area contributed by atoms with Gasteiger partial charge in [-0.3, -0.25) is 14.1 Å². The topological polar surface area (TPSA) is 107 Å². The average Bonchev–Trinajstić information content (AvgIpc) is 2.68. The Hall–Kier alpha value is -1.48. The van der Waals surface area contributed by atoms with Gasteiger partial charge in [-0.25, -0.2) is 0 Å². The zero-order valence-corrected chi connectivity index (χ0v) is 18.6. The number of hydrogen-bond donors (Lipinski definition) is 1. The first-order chi connectivity index (χ1) is 14.8. The highest BCUT2D eigenvalue weighted by molar-refractivity contribution is 7.87. The van der Waals surface area contributed by atoms with Crippen molar-refractivity contribution in [3.05, 3.63) is 0 Å². The molecule has 1 aliphatic rings. The summed E-state index contributed by atoms with van der Waals surface area (Å²) in [5, 5.41) is -5.91. The van der Waals surface area contributed by atoms with E-state index in [1.54, 1.807) is 0 Å². The molecule has 1 saturated carbocycles. The third-order valence-corrected chi connectivity index (χ3v) is 6.04. The Labute approximate surface area is 185 Å². The van der Waals surface area contributed by atoms with E-state index >= 15 is 0 Å². The van der Waals surface area contributed by atoms with Crippen molar-refractivity contribution >= 4 is 21.9 Å². The number of carbonyl (C=O) groups excluding carboxylic acids is 2. The largest absolute Gasteiger partial charge is 0.463 e. The van der Waals surface area contributed by atoms with Gasteiger partial charge < -0.3 is 9.47 Å². The average molecular weight is 518 g/mol. The molecule has 0 aromatic rings. The number of ether oxygens (including phenoxy) is 2. The second-order valence-electron chi connectivity index (χ2n) is 8.04. The molecule has 33 heavy (non-hydrogen) atoms. The van der Waals surface area contributed by atoms with Gasteiger partial charge in [0, 0.05) is 12.3 Å². The van der Waals surface area contributed by atoms with Crippen LogP contribution in [-0.4, -0.2) is 54.5 Å². The van der Waals surface area contributed by atoms with Crippen molar-refractivity contribution in [3.8, 4) is 0 Å². The molecule has 1 rings (SSSR count). The zero-order valence-electron chi connectivity index (χ0n) is 17.8. The molecular weight excluding hydrogens is 493 g/mol. The molecule has 0 radical (unpaired) electrons. The molecule has 0 bridgehead atoms. The van der Waals surface area contributed by atoms with Crippen molar-refractivity contribution in [1.82, 2.24) is 0 Å². The first-order valence-electron chi connectivity index (χ1n) is 10.0. The number of ketones is 1. The summed E-state index contributed by atoms with van der Waals surface area (Å²) in [6, 6.07) is 0. The minimum atomic E-state index is -6.53. The summed E-state index contributed by atoms with van der Waals surface area (Å²) in [5.41, 5.74) is 0. The molecule has 15 heteroatoms. The number of Topliss-reactive ketones (excluding diaryl/α,β-unsaturated/α-hetero) is 1. The molecule has 7 nitrogen and oxygen atoms in total. The van der Waals surface area contributed by atoms with Gasteiger partial charge in [0.05, 0.1) is 12.5 Å². The minimum absolute atomic E-state index is 0.208. The number of hydrogen-bond acceptors (Lipinski definition) is 6. The van der Waals surface area contributed by atoms with Crippen LogP contribution in [0.3, 0.4) is 0 Å². The smallest absolute Gasteiger partial charge is 0.416 e. The summed E-state index contributed by atoms with van der Waals surface area (Å²) in [6.07, 6.45) is -6.73. The van der Waals surface area contributed by atoms with Gasteiger partial charge in [-0.2, -0.15) is 39.2 Å². The number of rotatable bonds is 11. The molecule has 0 spiro atoms. The summed E-state index contributed by atoms with van der Waals surface area (Å²) in [7, 11) is -6.53. The lowest BCUT2D eigenvalue weighted by Gasteiger charge is -2.36. The van der Waals surface area contributed by atoms with Gasteiger partial charge in [0.25, 0.3) is 0 Å². The van der Waals surface area contributed by atoms with Crippen LogP contribution < -0.4 is 0 Å². The van der Waals surface area contributed by atoms with Crippen molar-refractivity contribution < 1.29 is 62.8 Å². The van der Waals surface area contributed by atoms with Gasteiger partial charge in [0.2, 0.25) is 5.78 Å². The SMILES string of the molecule is CC(C)C(=O)C(OCCCC(F)(F)C(F)(F)S(=O)(=O)O)(OC(=O)C1CCCCC1)C(F)(F)F. The van der Waals surface area contributed by atoms with Gasteiger partial charge in [-0.1, -0.05) is 33.1 Å². The Morgan fingerprint density at radius 1 is 1.00 bits per heavy atom. The third kappa shape index (κ3) is 6.56. The van der Waals surface area contributed by atoms with Gasteiger partial charge in [0.15, 0.2) is 0 Å². The summed E-state index contributed by atoms with van der Waals surface area (Å²) >= 11 is 0. The highest BCUT2D eigenvalue weighted by Gasteiger charge is 2.67. The maximum atomic E-state index is 13.9. The van der Waals surface area contributed by atoms with E-state index < -0.39 is 76.3 Å². The van der Waals surface area contributed by atoms with Crippen molar-refractivity contribution in [3.63, 3.8) is 0 Å². The summed E-state index contributed by atoms with van der Waals surface area (Å²) in [4.78, 5) is 24.8. The molecular formula is C18H25F7O7S. The predicted molar refractivity (Wildman–Crippen MR) is 97.9 cm³/mol. The maximum Gasteiger partial charge on any atom is 0.463 e. The van der Waals surface area contributed by atoms with Crippen molar-refractivity contribution in [2.24, 2.45) is 11.8 Å². The van der Waals surface area contributed by atoms with E-state index in [2.05, 4.69) is 9.47 Å². The Kier molecular flexibility index (Phi) is 9.33. The first-order valence-corrected chi connectivity index (χ1v) is 11.4. The quantitative estimate of drug-likeness (QED) is 0.141. The second kappa shape index (κ2) is 10.4. The van der Waals surface area contributed by atoms with E-state index in [4.69, 9.17) is 4.55 Å². The number of esters is 1. The summed E-state index contributed by atoms with van der Waals surface area (Å²) < 4.78 is 134. The van der Waals surface area contributed by atoms with E-state index in [0.717, 1.165) is 20.3 Å². The van der Waals surface area contributed by atoms with E-state index in [-0.39, 0.29) is 12.8 Å². The normalized spacial score (nSPS) is 18.8. The highest BCUT2D eigenvalue weighted by atomic mass is 32.2. The first kappa shape index (κ1) is 29.6. The Bertz CT molecular complexity index is 805. The number of halogens is 7. The highest BCUT2D eigenvalue weighted by Crippen LogP contribution is 2.43. The van der Waals surface area contributed by atoms with Crippen LogP contribution in [0.25, 0.3) is 0 Å². The number of alkyl halides is 7. The van der Waals surface area contributed by atoms with Crippen LogP contribution >= 0.6 is 0 Å². The van der Waals surface area contributed by atoms with Crippen LogP contribution in [0, 0.1) is 11.8 Å². The van der Waals surface area contributed by atoms with Crippen molar-refractivity contribution in [1.29, 1.82) is 0 Å². The van der Waals surface area contributed by atoms with Gasteiger partial charge in [-0.05, 0) is 19.3 Å². The molecule has 0 aliphatic heterocycles. The molecule has 1 unspecified atom stereocenters. The molecule has 0 amide bonds. The fraction of sp³-hybridized carbons (Fsp3) is 0.889. The Balaban J connectivity index is 3.10. The lowest BCUT2D eigenvalue weighted by atomic mass is 9.89. The van der Waals surface area contributed by atoms with Crippen LogP contribution in [-0.2, 0) is 29.2 Å².